The Bertz CT molecular complexity index is 589. The number of hydrogen-bond acceptors (Lipinski definition) is 0. The zero-order valence-electron chi connectivity index (χ0n) is 14.3. The molecule has 1 fully saturated rings. The van der Waals surface area contributed by atoms with Crippen LogP contribution in [0.1, 0.15) is 54.9 Å². The van der Waals surface area contributed by atoms with Crippen LogP contribution in [-0.2, 0) is 19.0 Å². The van der Waals surface area contributed by atoms with Gasteiger partial charge in [0.25, 0.3) is 0 Å². The van der Waals surface area contributed by atoms with Crippen LogP contribution in [-0.4, -0.2) is 0 Å². The highest BCUT2D eigenvalue weighted by Crippen LogP contribution is 2.30. The van der Waals surface area contributed by atoms with Crippen LogP contribution < -0.4 is 0 Å². The van der Waals surface area contributed by atoms with E-state index in [0.717, 1.165) is 24.4 Å². The van der Waals surface area contributed by atoms with Crippen molar-refractivity contribution in [2.24, 2.45) is 11.8 Å². The van der Waals surface area contributed by atoms with Gasteiger partial charge >= 0.3 is 0 Å². The molecule has 0 bridgehead atoms. The van der Waals surface area contributed by atoms with Crippen molar-refractivity contribution in [1.29, 1.82) is 0 Å². The standard InChI is InChI=1S/C22H29P/c1-17-2-4-18(5-3-17)14-19-6-8-20(9-7-19)15-21-10-12-22(16-23)13-11-21/h6-13,17-18H,2-5,14-16,23H2,1H3. The second-order valence-electron chi connectivity index (χ2n) is 7.34. The molecular weight excluding hydrogens is 295 g/mol. The predicted molar refractivity (Wildman–Crippen MR) is 104 cm³/mol. The molecule has 122 valence electrons. The van der Waals surface area contributed by atoms with Crippen LogP contribution in [0.2, 0.25) is 0 Å². The average Bonchev–Trinajstić information content (AvgIpc) is 2.59. The first-order chi connectivity index (χ1) is 11.2. The molecular formula is C22H29P. The highest BCUT2D eigenvalue weighted by atomic mass is 31.0. The van der Waals surface area contributed by atoms with Gasteiger partial charge in [-0.15, -0.1) is 9.24 Å². The molecule has 0 radical (unpaired) electrons. The van der Waals surface area contributed by atoms with Gasteiger partial charge in [0.2, 0.25) is 0 Å². The summed E-state index contributed by atoms with van der Waals surface area (Å²) in [4.78, 5) is 0. The van der Waals surface area contributed by atoms with Gasteiger partial charge in [0.15, 0.2) is 0 Å². The summed E-state index contributed by atoms with van der Waals surface area (Å²) in [6, 6.07) is 18.3. The molecule has 1 atom stereocenters. The highest BCUT2D eigenvalue weighted by Gasteiger charge is 2.18. The van der Waals surface area contributed by atoms with Crippen LogP contribution in [0.15, 0.2) is 48.5 Å². The summed E-state index contributed by atoms with van der Waals surface area (Å²) >= 11 is 0. The van der Waals surface area contributed by atoms with Crippen molar-refractivity contribution in [1.82, 2.24) is 0 Å². The van der Waals surface area contributed by atoms with Gasteiger partial charge in [0.05, 0.1) is 0 Å². The SMILES string of the molecule is CC1CCC(Cc2ccc(Cc3ccc(CP)cc3)cc2)CC1. The first kappa shape index (κ1) is 16.7. The number of benzene rings is 2. The van der Waals surface area contributed by atoms with Gasteiger partial charge in [0.1, 0.15) is 0 Å². The van der Waals surface area contributed by atoms with Gasteiger partial charge in [-0.3, -0.25) is 0 Å². The molecule has 1 aliphatic rings. The Hall–Kier alpha value is -1.13. The molecule has 1 heteroatoms. The fourth-order valence-corrected chi connectivity index (χ4v) is 3.96. The van der Waals surface area contributed by atoms with Crippen molar-refractivity contribution in [2.45, 2.75) is 51.6 Å². The Balaban J connectivity index is 1.56. The lowest BCUT2D eigenvalue weighted by Gasteiger charge is -2.26. The van der Waals surface area contributed by atoms with E-state index in [1.54, 1.807) is 0 Å². The summed E-state index contributed by atoms with van der Waals surface area (Å²) in [6.45, 7) is 2.40. The summed E-state index contributed by atoms with van der Waals surface area (Å²) in [6.07, 6.45) is 9.04. The largest absolute Gasteiger partial charge is 0.133 e. The van der Waals surface area contributed by atoms with Crippen molar-refractivity contribution in [3.05, 3.63) is 70.8 Å². The van der Waals surface area contributed by atoms with Crippen LogP contribution in [0, 0.1) is 11.8 Å². The van der Waals surface area contributed by atoms with Crippen LogP contribution in [0.3, 0.4) is 0 Å². The first-order valence-corrected chi connectivity index (χ1v) is 9.90. The molecule has 0 N–H and O–H groups in total. The zero-order valence-corrected chi connectivity index (χ0v) is 15.5. The Morgan fingerprint density at radius 1 is 0.739 bits per heavy atom. The van der Waals surface area contributed by atoms with Crippen LogP contribution in [0.5, 0.6) is 0 Å². The summed E-state index contributed by atoms with van der Waals surface area (Å²) in [7, 11) is 2.78. The fraction of sp³-hybridized carbons (Fsp3) is 0.455. The van der Waals surface area contributed by atoms with E-state index in [1.165, 1.54) is 54.4 Å². The van der Waals surface area contributed by atoms with E-state index in [1.807, 2.05) is 0 Å². The maximum absolute atomic E-state index is 2.78. The third-order valence-electron chi connectivity index (χ3n) is 5.35. The van der Waals surface area contributed by atoms with Gasteiger partial charge in [-0.1, -0.05) is 68.3 Å². The predicted octanol–water partition coefficient (Wildman–Crippen LogP) is 6.02. The topological polar surface area (TPSA) is 0 Å². The maximum Gasteiger partial charge on any atom is -0.00258 e. The lowest BCUT2D eigenvalue weighted by molar-refractivity contribution is 0.289. The lowest BCUT2D eigenvalue weighted by Crippen LogP contribution is -2.14. The van der Waals surface area contributed by atoms with Gasteiger partial charge in [-0.25, -0.2) is 0 Å². The molecule has 0 aliphatic heterocycles. The molecule has 3 rings (SSSR count). The molecule has 1 aliphatic carbocycles. The zero-order chi connectivity index (χ0) is 16.1. The monoisotopic (exact) mass is 324 g/mol. The Morgan fingerprint density at radius 2 is 1.22 bits per heavy atom. The van der Waals surface area contributed by atoms with E-state index in [-0.39, 0.29) is 0 Å². The number of rotatable bonds is 5. The Morgan fingerprint density at radius 3 is 1.74 bits per heavy atom. The number of hydrogen-bond donors (Lipinski definition) is 0. The Labute approximate surface area is 143 Å². The molecule has 0 saturated heterocycles. The minimum Gasteiger partial charge on any atom is -0.133 e. The van der Waals surface area contributed by atoms with Gasteiger partial charge in [-0.2, -0.15) is 0 Å². The molecule has 0 aromatic heterocycles. The first-order valence-electron chi connectivity index (χ1n) is 9.08. The summed E-state index contributed by atoms with van der Waals surface area (Å²) in [5.74, 6) is 1.86. The molecule has 0 nitrogen and oxygen atoms in total. The van der Waals surface area contributed by atoms with E-state index in [4.69, 9.17) is 0 Å². The average molecular weight is 324 g/mol. The van der Waals surface area contributed by atoms with Crippen molar-refractivity contribution in [2.75, 3.05) is 0 Å². The quantitative estimate of drug-likeness (QED) is 0.590. The van der Waals surface area contributed by atoms with Crippen LogP contribution in [0.25, 0.3) is 0 Å². The molecule has 1 unspecified atom stereocenters. The summed E-state index contributed by atoms with van der Waals surface area (Å²) in [5.41, 5.74) is 5.73. The summed E-state index contributed by atoms with van der Waals surface area (Å²) < 4.78 is 0. The molecule has 0 spiro atoms. The van der Waals surface area contributed by atoms with E-state index >= 15 is 0 Å². The lowest BCUT2D eigenvalue weighted by atomic mass is 9.80. The minimum atomic E-state index is 0.913. The summed E-state index contributed by atoms with van der Waals surface area (Å²) in [5, 5.41) is 0. The van der Waals surface area contributed by atoms with E-state index in [9.17, 15) is 0 Å². The van der Waals surface area contributed by atoms with E-state index in [2.05, 4.69) is 64.7 Å². The van der Waals surface area contributed by atoms with Crippen molar-refractivity contribution >= 4 is 9.24 Å². The van der Waals surface area contributed by atoms with Crippen LogP contribution >= 0.6 is 9.24 Å². The van der Waals surface area contributed by atoms with Crippen molar-refractivity contribution in [3.63, 3.8) is 0 Å². The minimum absolute atomic E-state index is 0.913. The third-order valence-corrected chi connectivity index (χ3v) is 5.82. The van der Waals surface area contributed by atoms with Gasteiger partial charge in [0, 0.05) is 0 Å². The smallest absolute Gasteiger partial charge is 0.00258 e. The Kier molecular flexibility index (Phi) is 5.90. The normalized spacial score (nSPS) is 21.3. The maximum atomic E-state index is 2.78. The molecule has 1 saturated carbocycles. The van der Waals surface area contributed by atoms with E-state index in [0.29, 0.717) is 0 Å². The van der Waals surface area contributed by atoms with E-state index < -0.39 is 0 Å². The molecule has 23 heavy (non-hydrogen) atoms. The molecule has 0 heterocycles. The van der Waals surface area contributed by atoms with Gasteiger partial charge in [-0.05, 0) is 65.9 Å². The van der Waals surface area contributed by atoms with Crippen molar-refractivity contribution < 1.29 is 0 Å². The second kappa shape index (κ2) is 8.11. The highest BCUT2D eigenvalue weighted by molar-refractivity contribution is 7.15. The third kappa shape index (κ3) is 4.92. The molecule has 2 aromatic carbocycles. The fourth-order valence-electron chi connectivity index (χ4n) is 3.69. The molecule has 0 amide bonds. The van der Waals surface area contributed by atoms with Crippen LogP contribution in [0.4, 0.5) is 0 Å². The van der Waals surface area contributed by atoms with Crippen molar-refractivity contribution in [3.8, 4) is 0 Å². The second-order valence-corrected chi connectivity index (χ2v) is 7.75. The molecule has 2 aromatic rings. The van der Waals surface area contributed by atoms with Gasteiger partial charge < -0.3 is 0 Å².